The fourth-order valence-electron chi connectivity index (χ4n) is 1.61. The molecule has 0 aromatic heterocycles. The lowest BCUT2D eigenvalue weighted by molar-refractivity contribution is -0.160. The minimum atomic E-state index is -0.621. The molecule has 0 aliphatic carbocycles. The Morgan fingerprint density at radius 2 is 2.11 bits per heavy atom. The van der Waals surface area contributed by atoms with Gasteiger partial charge in [-0.05, 0) is 54.4 Å². The van der Waals surface area contributed by atoms with E-state index >= 15 is 0 Å². The second-order valence-corrected chi connectivity index (χ2v) is 5.27. The molecule has 1 N–H and O–H groups in total. The lowest BCUT2D eigenvalue weighted by Crippen LogP contribution is -2.30. The highest BCUT2D eigenvalue weighted by atomic mass is 79.9. The number of benzene rings is 1. The number of esters is 1. The molecule has 4 nitrogen and oxygen atoms in total. The van der Waals surface area contributed by atoms with Gasteiger partial charge in [-0.1, -0.05) is 6.07 Å². The molecule has 1 aromatic carbocycles. The number of hydrogen-bond donors (Lipinski definition) is 1. The Labute approximate surface area is 121 Å². The number of carbonyl (C=O) groups is 1. The van der Waals surface area contributed by atoms with E-state index in [-0.39, 0.29) is 17.8 Å². The zero-order valence-corrected chi connectivity index (χ0v) is 12.9. The van der Waals surface area contributed by atoms with Crippen molar-refractivity contribution < 1.29 is 19.4 Å². The Bertz CT molecular complexity index is 431. The van der Waals surface area contributed by atoms with Crippen molar-refractivity contribution in [2.24, 2.45) is 0 Å². The maximum Gasteiger partial charge on any atom is 0.335 e. The summed E-state index contributed by atoms with van der Waals surface area (Å²) in [5.74, 6) is -0.192. The topological polar surface area (TPSA) is 55.8 Å². The van der Waals surface area contributed by atoms with Gasteiger partial charge < -0.3 is 14.6 Å². The summed E-state index contributed by atoms with van der Waals surface area (Å²) in [6.07, 6.45) is -0.371. The molecular weight excluding hydrogens is 312 g/mol. The van der Waals surface area contributed by atoms with Crippen LogP contribution in [0.1, 0.15) is 26.3 Å². The van der Waals surface area contributed by atoms with Crippen LogP contribution in [0.5, 0.6) is 5.75 Å². The molecule has 0 fully saturated rings. The van der Waals surface area contributed by atoms with Crippen LogP contribution in [-0.4, -0.2) is 29.9 Å². The maximum absolute atomic E-state index is 11.9. The predicted molar refractivity (Wildman–Crippen MR) is 76.2 cm³/mol. The lowest BCUT2D eigenvalue weighted by Gasteiger charge is -2.18. The van der Waals surface area contributed by atoms with Gasteiger partial charge in [0, 0.05) is 13.0 Å². The van der Waals surface area contributed by atoms with Crippen LogP contribution in [0.15, 0.2) is 22.7 Å². The van der Waals surface area contributed by atoms with Gasteiger partial charge in [-0.2, -0.15) is 0 Å². The number of phenolic OH excluding ortho intramolecular Hbond substituents is 1. The highest BCUT2D eigenvalue weighted by Gasteiger charge is 2.22. The van der Waals surface area contributed by atoms with Crippen LogP contribution in [0.25, 0.3) is 0 Å². The van der Waals surface area contributed by atoms with Gasteiger partial charge in [-0.3, -0.25) is 0 Å². The van der Waals surface area contributed by atoms with Crippen molar-refractivity contribution in [2.45, 2.75) is 39.4 Å². The van der Waals surface area contributed by atoms with Crippen molar-refractivity contribution in [1.82, 2.24) is 0 Å². The standard InChI is InChI=1S/C14H19BrO4/c1-4-18-13(14(17)19-9(2)3)8-10-5-6-12(16)11(15)7-10/h5-7,9,13,16H,4,8H2,1-3H3. The summed E-state index contributed by atoms with van der Waals surface area (Å²) in [5.41, 5.74) is 0.892. The van der Waals surface area contributed by atoms with Gasteiger partial charge in [0.05, 0.1) is 10.6 Å². The average molecular weight is 331 g/mol. The summed E-state index contributed by atoms with van der Waals surface area (Å²) in [6.45, 7) is 5.88. The summed E-state index contributed by atoms with van der Waals surface area (Å²) in [7, 11) is 0. The third-order valence-corrected chi connectivity index (χ3v) is 3.05. The monoisotopic (exact) mass is 330 g/mol. The van der Waals surface area contributed by atoms with E-state index in [0.29, 0.717) is 17.5 Å². The van der Waals surface area contributed by atoms with Gasteiger partial charge in [0.25, 0.3) is 0 Å². The summed E-state index contributed by atoms with van der Waals surface area (Å²) in [4.78, 5) is 11.9. The van der Waals surface area contributed by atoms with E-state index in [1.807, 2.05) is 6.92 Å². The van der Waals surface area contributed by atoms with Crippen molar-refractivity contribution in [3.8, 4) is 5.75 Å². The summed E-state index contributed by atoms with van der Waals surface area (Å²) in [6, 6.07) is 5.11. The first-order valence-electron chi connectivity index (χ1n) is 6.23. The second kappa shape index (κ2) is 7.50. The first kappa shape index (κ1) is 16.0. The third-order valence-electron chi connectivity index (χ3n) is 2.42. The van der Waals surface area contributed by atoms with Crippen LogP contribution >= 0.6 is 15.9 Å². The summed E-state index contributed by atoms with van der Waals surface area (Å²) < 4.78 is 11.2. The molecule has 0 heterocycles. The van der Waals surface area contributed by atoms with Gasteiger partial charge >= 0.3 is 5.97 Å². The SMILES string of the molecule is CCOC(Cc1ccc(O)c(Br)c1)C(=O)OC(C)C. The van der Waals surface area contributed by atoms with Crippen LogP contribution in [-0.2, 0) is 20.7 Å². The van der Waals surface area contributed by atoms with Crippen LogP contribution < -0.4 is 0 Å². The number of phenols is 1. The van der Waals surface area contributed by atoms with Crippen LogP contribution in [0.4, 0.5) is 0 Å². The molecular formula is C14H19BrO4. The number of halogens is 1. The highest BCUT2D eigenvalue weighted by molar-refractivity contribution is 9.10. The molecule has 0 bridgehead atoms. The van der Waals surface area contributed by atoms with Crippen molar-refractivity contribution in [2.75, 3.05) is 6.61 Å². The minimum Gasteiger partial charge on any atom is -0.507 e. The Hall–Kier alpha value is -1.07. The van der Waals surface area contributed by atoms with Crippen LogP contribution in [0, 0.1) is 0 Å². The molecule has 0 spiro atoms. The zero-order valence-electron chi connectivity index (χ0n) is 11.4. The first-order valence-corrected chi connectivity index (χ1v) is 7.02. The van der Waals surface area contributed by atoms with Gasteiger partial charge in [0.1, 0.15) is 5.75 Å². The molecule has 1 rings (SSSR count). The van der Waals surface area contributed by atoms with E-state index in [0.717, 1.165) is 5.56 Å². The first-order chi connectivity index (χ1) is 8.93. The van der Waals surface area contributed by atoms with E-state index in [9.17, 15) is 9.90 Å². The quantitative estimate of drug-likeness (QED) is 0.814. The Morgan fingerprint density at radius 1 is 1.42 bits per heavy atom. The molecule has 5 heteroatoms. The highest BCUT2D eigenvalue weighted by Crippen LogP contribution is 2.25. The number of aromatic hydroxyl groups is 1. The van der Waals surface area contributed by atoms with Gasteiger partial charge in [0.15, 0.2) is 6.10 Å². The van der Waals surface area contributed by atoms with E-state index in [1.54, 1.807) is 32.0 Å². The second-order valence-electron chi connectivity index (χ2n) is 4.42. The molecule has 106 valence electrons. The molecule has 0 radical (unpaired) electrons. The number of carbonyl (C=O) groups excluding carboxylic acids is 1. The van der Waals surface area contributed by atoms with E-state index in [4.69, 9.17) is 9.47 Å². The molecule has 1 aromatic rings. The molecule has 0 aliphatic rings. The fraction of sp³-hybridized carbons (Fsp3) is 0.500. The van der Waals surface area contributed by atoms with Crippen molar-refractivity contribution in [3.05, 3.63) is 28.2 Å². The Balaban J connectivity index is 2.77. The van der Waals surface area contributed by atoms with Gasteiger partial charge in [-0.25, -0.2) is 4.79 Å². The molecule has 0 amide bonds. The summed E-state index contributed by atoms with van der Waals surface area (Å²) in [5, 5.41) is 9.44. The molecule has 0 aliphatic heterocycles. The van der Waals surface area contributed by atoms with E-state index < -0.39 is 6.10 Å². The minimum absolute atomic E-state index is 0.165. The van der Waals surface area contributed by atoms with Crippen LogP contribution in [0.3, 0.4) is 0 Å². The number of rotatable bonds is 6. The predicted octanol–water partition coefficient (Wildman–Crippen LogP) is 3.05. The van der Waals surface area contributed by atoms with Gasteiger partial charge in [0.2, 0.25) is 0 Å². The smallest absolute Gasteiger partial charge is 0.335 e. The van der Waals surface area contributed by atoms with E-state index in [1.165, 1.54) is 0 Å². The van der Waals surface area contributed by atoms with Gasteiger partial charge in [-0.15, -0.1) is 0 Å². The average Bonchev–Trinajstić information content (AvgIpc) is 2.32. The number of ether oxygens (including phenoxy) is 2. The molecule has 0 saturated carbocycles. The Kier molecular flexibility index (Phi) is 6.31. The largest absolute Gasteiger partial charge is 0.507 e. The van der Waals surface area contributed by atoms with Crippen LogP contribution in [0.2, 0.25) is 0 Å². The van der Waals surface area contributed by atoms with Crippen molar-refractivity contribution in [3.63, 3.8) is 0 Å². The number of hydrogen-bond acceptors (Lipinski definition) is 4. The normalized spacial score (nSPS) is 12.5. The summed E-state index contributed by atoms with van der Waals surface area (Å²) >= 11 is 3.25. The van der Waals surface area contributed by atoms with Crippen molar-refractivity contribution in [1.29, 1.82) is 0 Å². The molecule has 1 unspecified atom stereocenters. The molecule has 19 heavy (non-hydrogen) atoms. The fourth-order valence-corrected chi connectivity index (χ4v) is 2.04. The molecule has 0 saturated heterocycles. The lowest BCUT2D eigenvalue weighted by atomic mass is 10.1. The zero-order chi connectivity index (χ0) is 14.4. The molecule has 1 atom stereocenters. The third kappa shape index (κ3) is 5.20. The van der Waals surface area contributed by atoms with Crippen molar-refractivity contribution >= 4 is 21.9 Å². The maximum atomic E-state index is 11.9. The van der Waals surface area contributed by atoms with E-state index in [2.05, 4.69) is 15.9 Å². The Morgan fingerprint density at radius 3 is 2.63 bits per heavy atom.